The summed E-state index contributed by atoms with van der Waals surface area (Å²) in [6.45, 7) is 2.15. The molecule has 0 bridgehead atoms. The van der Waals surface area contributed by atoms with Gasteiger partial charge in [0.05, 0.1) is 13.7 Å². The van der Waals surface area contributed by atoms with E-state index < -0.39 is 0 Å². The Morgan fingerprint density at radius 3 is 2.83 bits per heavy atom. The van der Waals surface area contributed by atoms with Gasteiger partial charge in [0.15, 0.2) is 0 Å². The molecule has 1 aromatic carbocycles. The lowest BCUT2D eigenvalue weighted by Gasteiger charge is -2.27. The van der Waals surface area contributed by atoms with Crippen LogP contribution in [0.1, 0.15) is 12.0 Å². The molecule has 4 heteroatoms. The van der Waals surface area contributed by atoms with Crippen molar-refractivity contribution in [3.8, 4) is 5.75 Å². The van der Waals surface area contributed by atoms with Gasteiger partial charge in [-0.05, 0) is 50.2 Å². The van der Waals surface area contributed by atoms with Crippen LogP contribution >= 0.6 is 11.6 Å². The molecule has 3 nitrogen and oxygen atoms in total. The predicted molar refractivity (Wildman–Crippen MR) is 73.3 cm³/mol. The summed E-state index contributed by atoms with van der Waals surface area (Å²) in [4.78, 5) is 2.26. The lowest BCUT2D eigenvalue weighted by molar-refractivity contribution is 0.131. The normalized spacial score (nSPS) is 24.4. The van der Waals surface area contributed by atoms with Crippen LogP contribution in [0.5, 0.6) is 5.75 Å². The first-order chi connectivity index (χ1) is 8.58. The Morgan fingerprint density at radius 2 is 2.28 bits per heavy atom. The molecule has 0 saturated carbocycles. The van der Waals surface area contributed by atoms with Crippen LogP contribution in [0.25, 0.3) is 0 Å². The van der Waals surface area contributed by atoms with Crippen LogP contribution in [0.2, 0.25) is 5.02 Å². The fourth-order valence-corrected chi connectivity index (χ4v) is 2.97. The lowest BCUT2D eigenvalue weighted by atomic mass is 9.81. The average molecular weight is 270 g/mol. The number of hydrogen-bond acceptors (Lipinski definition) is 3. The molecule has 0 radical (unpaired) electrons. The monoisotopic (exact) mass is 269 g/mol. The average Bonchev–Trinajstić information content (AvgIpc) is 2.72. The summed E-state index contributed by atoms with van der Waals surface area (Å²) in [5.74, 6) is 0.849. The van der Waals surface area contributed by atoms with Crippen LogP contribution in [0.3, 0.4) is 0 Å². The molecule has 100 valence electrons. The van der Waals surface area contributed by atoms with E-state index in [1.807, 2.05) is 18.2 Å². The summed E-state index contributed by atoms with van der Waals surface area (Å²) in [5, 5.41) is 10.4. The van der Waals surface area contributed by atoms with Gasteiger partial charge in [-0.3, -0.25) is 0 Å². The lowest BCUT2D eigenvalue weighted by Crippen LogP contribution is -2.31. The topological polar surface area (TPSA) is 32.7 Å². The van der Waals surface area contributed by atoms with Crippen molar-refractivity contribution in [3.63, 3.8) is 0 Å². The van der Waals surface area contributed by atoms with Crippen molar-refractivity contribution in [2.45, 2.75) is 12.8 Å². The van der Waals surface area contributed by atoms with E-state index in [0.717, 1.165) is 37.2 Å². The van der Waals surface area contributed by atoms with Crippen molar-refractivity contribution < 1.29 is 9.84 Å². The molecule has 0 spiro atoms. The van der Waals surface area contributed by atoms with Gasteiger partial charge in [-0.2, -0.15) is 0 Å². The van der Waals surface area contributed by atoms with E-state index in [2.05, 4.69) is 11.9 Å². The molecule has 1 aliphatic rings. The van der Waals surface area contributed by atoms with Crippen LogP contribution in [-0.2, 0) is 6.42 Å². The quantitative estimate of drug-likeness (QED) is 0.910. The van der Waals surface area contributed by atoms with Gasteiger partial charge in [-0.25, -0.2) is 0 Å². The minimum absolute atomic E-state index is 0.0628. The molecule has 1 atom stereocenters. The van der Waals surface area contributed by atoms with E-state index >= 15 is 0 Å². The highest BCUT2D eigenvalue weighted by Crippen LogP contribution is 2.36. The number of methoxy groups -OCH3 is 1. The summed E-state index contributed by atoms with van der Waals surface area (Å²) in [6.07, 6.45) is 1.81. The molecule has 0 aliphatic carbocycles. The number of hydrogen-bond donors (Lipinski definition) is 1. The highest BCUT2D eigenvalue weighted by atomic mass is 35.5. The van der Waals surface area contributed by atoms with Gasteiger partial charge in [0.25, 0.3) is 0 Å². The molecule has 1 N–H and O–H groups in total. The maximum absolute atomic E-state index is 9.73. The second-order valence-electron chi connectivity index (χ2n) is 5.28. The first kappa shape index (κ1) is 13.7. The summed E-state index contributed by atoms with van der Waals surface area (Å²) in [6, 6.07) is 5.66. The van der Waals surface area contributed by atoms with E-state index in [1.54, 1.807) is 7.11 Å². The van der Waals surface area contributed by atoms with Crippen molar-refractivity contribution >= 4 is 11.6 Å². The Hall–Kier alpha value is -0.770. The smallest absolute Gasteiger partial charge is 0.122 e. The Labute approximate surface area is 113 Å². The van der Waals surface area contributed by atoms with Crippen LogP contribution in [0, 0.1) is 5.41 Å². The molecular weight excluding hydrogens is 250 g/mol. The fraction of sp³-hybridized carbons (Fsp3) is 0.571. The van der Waals surface area contributed by atoms with Crippen LogP contribution in [0.15, 0.2) is 18.2 Å². The third-order valence-corrected chi connectivity index (χ3v) is 4.01. The summed E-state index contributed by atoms with van der Waals surface area (Å²) < 4.78 is 5.37. The predicted octanol–water partition coefficient (Wildman–Crippen LogP) is 2.21. The zero-order valence-corrected chi connectivity index (χ0v) is 11.7. The number of halogens is 1. The molecule has 0 amide bonds. The van der Waals surface area contributed by atoms with Crippen molar-refractivity contribution in [1.82, 2.24) is 4.90 Å². The number of ether oxygens (including phenoxy) is 1. The first-order valence-corrected chi connectivity index (χ1v) is 6.58. The molecule has 1 aliphatic heterocycles. The minimum atomic E-state index is -0.0628. The summed E-state index contributed by atoms with van der Waals surface area (Å²) in [7, 11) is 3.76. The summed E-state index contributed by atoms with van der Waals surface area (Å²) >= 11 is 6.05. The highest BCUT2D eigenvalue weighted by Gasteiger charge is 2.36. The molecule has 1 aromatic rings. The van der Waals surface area contributed by atoms with Crippen LogP contribution < -0.4 is 4.74 Å². The Balaban J connectivity index is 2.24. The van der Waals surface area contributed by atoms with Crippen molar-refractivity contribution in [1.29, 1.82) is 0 Å². The van der Waals surface area contributed by atoms with E-state index in [-0.39, 0.29) is 12.0 Å². The number of nitrogens with zero attached hydrogens (tertiary/aromatic N) is 1. The highest BCUT2D eigenvalue weighted by molar-refractivity contribution is 6.30. The number of rotatable bonds is 4. The SMILES string of the molecule is COc1ccc(Cl)cc1CC1(CO)CCN(C)C1. The zero-order chi connectivity index (χ0) is 13.2. The minimum Gasteiger partial charge on any atom is -0.496 e. The molecule has 0 aromatic heterocycles. The molecule has 1 saturated heterocycles. The van der Waals surface area contributed by atoms with Gasteiger partial charge < -0.3 is 14.7 Å². The number of aliphatic hydroxyl groups excluding tert-OH is 1. The van der Waals surface area contributed by atoms with Gasteiger partial charge >= 0.3 is 0 Å². The van der Waals surface area contributed by atoms with Gasteiger partial charge in [0.1, 0.15) is 5.75 Å². The molecule has 1 unspecified atom stereocenters. The Bertz CT molecular complexity index is 424. The van der Waals surface area contributed by atoms with Crippen molar-refractivity contribution in [2.75, 3.05) is 33.9 Å². The third-order valence-electron chi connectivity index (χ3n) is 3.77. The molecular formula is C14H20ClNO2. The third kappa shape index (κ3) is 2.79. The number of benzene rings is 1. The first-order valence-electron chi connectivity index (χ1n) is 6.20. The van der Waals surface area contributed by atoms with E-state index in [4.69, 9.17) is 16.3 Å². The van der Waals surface area contributed by atoms with Crippen molar-refractivity contribution in [2.24, 2.45) is 5.41 Å². The molecule has 2 rings (SSSR count). The van der Waals surface area contributed by atoms with Crippen LogP contribution in [0.4, 0.5) is 0 Å². The van der Waals surface area contributed by atoms with Gasteiger partial charge in [0, 0.05) is 17.0 Å². The van der Waals surface area contributed by atoms with Gasteiger partial charge in [0.2, 0.25) is 0 Å². The van der Waals surface area contributed by atoms with E-state index in [0.29, 0.717) is 5.02 Å². The number of aliphatic hydroxyl groups is 1. The van der Waals surface area contributed by atoms with Gasteiger partial charge in [-0.1, -0.05) is 11.6 Å². The second-order valence-corrected chi connectivity index (χ2v) is 5.72. The Kier molecular flexibility index (Phi) is 4.15. The zero-order valence-electron chi connectivity index (χ0n) is 10.9. The van der Waals surface area contributed by atoms with E-state index in [1.165, 1.54) is 0 Å². The molecule has 1 heterocycles. The largest absolute Gasteiger partial charge is 0.496 e. The number of likely N-dealkylation sites (tertiary alicyclic amines) is 1. The molecule has 1 fully saturated rings. The second kappa shape index (κ2) is 5.47. The van der Waals surface area contributed by atoms with E-state index in [9.17, 15) is 5.11 Å². The fourth-order valence-electron chi connectivity index (χ4n) is 2.78. The maximum Gasteiger partial charge on any atom is 0.122 e. The van der Waals surface area contributed by atoms with Gasteiger partial charge in [-0.15, -0.1) is 0 Å². The Morgan fingerprint density at radius 1 is 1.50 bits per heavy atom. The summed E-state index contributed by atoms with van der Waals surface area (Å²) in [5.41, 5.74) is 1.02. The van der Waals surface area contributed by atoms with Crippen molar-refractivity contribution in [3.05, 3.63) is 28.8 Å². The van der Waals surface area contributed by atoms with Crippen LogP contribution in [-0.4, -0.2) is 43.9 Å². The maximum atomic E-state index is 9.73. The molecule has 18 heavy (non-hydrogen) atoms. The standard InChI is InChI=1S/C14H20ClNO2/c1-16-6-5-14(9-16,10-17)8-11-7-12(15)3-4-13(11)18-2/h3-4,7,17H,5-6,8-10H2,1-2H3.